The number of carboxylic acid groups (broad SMARTS) is 1. The lowest BCUT2D eigenvalue weighted by molar-refractivity contribution is -0.145. The van der Waals surface area contributed by atoms with Crippen LogP contribution in [0.2, 0.25) is 0 Å². The number of amides is 1. The Morgan fingerprint density at radius 1 is 1.24 bits per heavy atom. The highest BCUT2D eigenvalue weighted by Crippen LogP contribution is 2.27. The summed E-state index contributed by atoms with van der Waals surface area (Å²) in [5, 5.41) is 8.98. The van der Waals surface area contributed by atoms with Gasteiger partial charge in [0, 0.05) is 18.7 Å². The Labute approximate surface area is 121 Å². The van der Waals surface area contributed by atoms with Crippen LogP contribution in [0.3, 0.4) is 0 Å². The number of carbonyl (C=O) groups is 3. The number of allylic oxidation sites excluding steroid dienone is 1. The summed E-state index contributed by atoms with van der Waals surface area (Å²) in [6, 6.07) is 8.35. The van der Waals surface area contributed by atoms with Crippen molar-refractivity contribution in [3.8, 4) is 0 Å². The third-order valence-corrected chi connectivity index (χ3v) is 3.14. The highest BCUT2D eigenvalue weighted by Gasteiger charge is 2.45. The Hall–Kier alpha value is -2.76. The van der Waals surface area contributed by atoms with E-state index in [1.807, 2.05) is 0 Å². The maximum absolute atomic E-state index is 12.7. The van der Waals surface area contributed by atoms with Crippen LogP contribution in [0, 0.1) is 0 Å². The van der Waals surface area contributed by atoms with E-state index < -0.39 is 29.9 Å². The third-order valence-electron chi connectivity index (χ3n) is 3.14. The fourth-order valence-corrected chi connectivity index (χ4v) is 2.20. The van der Waals surface area contributed by atoms with E-state index in [0.717, 1.165) is 4.90 Å². The van der Waals surface area contributed by atoms with Crippen LogP contribution < -0.4 is 0 Å². The van der Waals surface area contributed by atoms with Crippen molar-refractivity contribution in [2.45, 2.75) is 12.6 Å². The molecule has 1 heterocycles. The molecule has 1 aliphatic rings. The van der Waals surface area contributed by atoms with Crippen LogP contribution in [0.25, 0.3) is 0 Å². The molecule has 0 spiro atoms. The number of aliphatic carboxylic acids is 1. The zero-order valence-electron chi connectivity index (χ0n) is 11.4. The summed E-state index contributed by atoms with van der Waals surface area (Å²) in [7, 11) is 0. The minimum atomic E-state index is -1.62. The minimum Gasteiger partial charge on any atom is -0.480 e. The molecule has 1 atom stereocenters. The predicted octanol–water partition coefficient (Wildman–Crippen LogP) is 1.14. The van der Waals surface area contributed by atoms with E-state index in [9.17, 15) is 14.4 Å². The molecule has 1 aliphatic heterocycles. The van der Waals surface area contributed by atoms with Gasteiger partial charge in [0.15, 0.2) is 0 Å². The van der Waals surface area contributed by atoms with Gasteiger partial charge in [-0.05, 0) is 12.2 Å². The summed E-state index contributed by atoms with van der Waals surface area (Å²) < 4.78 is 0. The van der Waals surface area contributed by atoms with E-state index in [0.29, 0.717) is 5.56 Å². The molecule has 1 amide bonds. The minimum absolute atomic E-state index is 0.359. The Balaban J connectivity index is 2.48. The maximum Gasteiger partial charge on any atom is 0.323 e. The van der Waals surface area contributed by atoms with Crippen molar-refractivity contribution >= 4 is 23.9 Å². The van der Waals surface area contributed by atoms with Crippen molar-refractivity contribution in [3.05, 3.63) is 48.0 Å². The molecule has 1 unspecified atom stereocenters. The average Bonchev–Trinajstić information content (AvgIpc) is 2.95. The second-order valence-electron chi connectivity index (χ2n) is 4.56. The smallest absolute Gasteiger partial charge is 0.323 e. The predicted molar refractivity (Wildman–Crippen MR) is 76.2 cm³/mol. The SMILES string of the molecule is CC(=O)N(CC(=O)O)C1(C(=O)c2ccccc2)C=CC=N1. The highest BCUT2D eigenvalue weighted by molar-refractivity contribution is 6.09. The first-order valence-corrected chi connectivity index (χ1v) is 6.30. The van der Waals surface area contributed by atoms with Gasteiger partial charge < -0.3 is 5.11 Å². The number of benzene rings is 1. The summed E-state index contributed by atoms with van der Waals surface area (Å²) in [6.07, 6.45) is 4.35. The van der Waals surface area contributed by atoms with Crippen molar-refractivity contribution in [2.24, 2.45) is 4.99 Å². The van der Waals surface area contributed by atoms with Gasteiger partial charge in [-0.3, -0.25) is 24.3 Å². The number of aliphatic imine (C=N–C) groups is 1. The fraction of sp³-hybridized carbons (Fsp3) is 0.200. The molecular formula is C15H14N2O4. The number of nitrogens with zero attached hydrogens (tertiary/aromatic N) is 2. The van der Waals surface area contributed by atoms with Crippen LogP contribution in [-0.2, 0) is 9.59 Å². The first kappa shape index (κ1) is 14.6. The van der Waals surface area contributed by atoms with Crippen molar-refractivity contribution in [1.82, 2.24) is 4.90 Å². The number of hydrogen-bond acceptors (Lipinski definition) is 4. The summed E-state index contributed by atoms with van der Waals surface area (Å²) in [4.78, 5) is 40.6. The van der Waals surface area contributed by atoms with Gasteiger partial charge in [-0.2, -0.15) is 0 Å². The lowest BCUT2D eigenvalue weighted by Gasteiger charge is -2.34. The Kier molecular flexibility index (Phi) is 3.98. The number of hydrogen-bond donors (Lipinski definition) is 1. The van der Waals surface area contributed by atoms with Crippen LogP contribution in [0.15, 0.2) is 47.5 Å². The second kappa shape index (κ2) is 5.70. The molecule has 2 rings (SSSR count). The molecule has 0 saturated carbocycles. The maximum atomic E-state index is 12.7. The number of carbonyl (C=O) groups excluding carboxylic acids is 2. The standard InChI is InChI=1S/C15H14N2O4/c1-11(18)17(10-13(19)20)15(8-5-9-16-15)14(21)12-6-3-2-4-7-12/h2-9H,10H2,1H3,(H,19,20). The Bertz CT molecular complexity index is 622. The van der Waals surface area contributed by atoms with E-state index >= 15 is 0 Å². The molecule has 1 aromatic rings. The highest BCUT2D eigenvalue weighted by atomic mass is 16.4. The van der Waals surface area contributed by atoms with E-state index in [1.165, 1.54) is 25.3 Å². The lowest BCUT2D eigenvalue weighted by Crippen LogP contribution is -2.55. The average molecular weight is 286 g/mol. The monoisotopic (exact) mass is 286 g/mol. The second-order valence-corrected chi connectivity index (χ2v) is 4.56. The first-order chi connectivity index (χ1) is 9.97. The molecule has 0 bridgehead atoms. The van der Waals surface area contributed by atoms with E-state index in [2.05, 4.69) is 4.99 Å². The zero-order valence-corrected chi connectivity index (χ0v) is 11.4. The molecule has 0 aliphatic carbocycles. The van der Waals surface area contributed by atoms with Crippen LogP contribution in [0.5, 0.6) is 0 Å². The zero-order chi connectivity index (χ0) is 15.5. The van der Waals surface area contributed by atoms with E-state index in [1.54, 1.807) is 30.3 Å². The third kappa shape index (κ3) is 2.74. The molecule has 108 valence electrons. The lowest BCUT2D eigenvalue weighted by atomic mass is 9.96. The molecule has 21 heavy (non-hydrogen) atoms. The molecule has 0 aromatic heterocycles. The topological polar surface area (TPSA) is 87.0 Å². The Morgan fingerprint density at radius 3 is 2.38 bits per heavy atom. The van der Waals surface area contributed by atoms with Crippen LogP contribution >= 0.6 is 0 Å². The number of rotatable bonds is 5. The fourth-order valence-electron chi connectivity index (χ4n) is 2.20. The molecule has 1 N–H and O–H groups in total. The largest absolute Gasteiger partial charge is 0.480 e. The molecular weight excluding hydrogens is 272 g/mol. The number of Topliss-reactive ketones (excluding diaryl/α,β-unsaturated/α-hetero) is 1. The molecule has 0 fully saturated rings. The van der Waals surface area contributed by atoms with Gasteiger partial charge in [0.25, 0.3) is 0 Å². The number of ketones is 1. The van der Waals surface area contributed by atoms with Gasteiger partial charge >= 0.3 is 5.97 Å². The molecule has 6 heteroatoms. The Morgan fingerprint density at radius 2 is 1.90 bits per heavy atom. The number of carboxylic acids is 1. The van der Waals surface area contributed by atoms with Crippen LogP contribution in [0.4, 0.5) is 0 Å². The molecule has 0 saturated heterocycles. The molecule has 6 nitrogen and oxygen atoms in total. The first-order valence-electron chi connectivity index (χ1n) is 6.30. The van der Waals surface area contributed by atoms with Crippen molar-refractivity contribution < 1.29 is 19.5 Å². The van der Waals surface area contributed by atoms with Crippen LogP contribution in [0.1, 0.15) is 17.3 Å². The van der Waals surface area contributed by atoms with Crippen molar-refractivity contribution in [3.63, 3.8) is 0 Å². The normalized spacial score (nSPS) is 19.5. The summed E-state index contributed by atoms with van der Waals surface area (Å²) >= 11 is 0. The quantitative estimate of drug-likeness (QED) is 0.822. The van der Waals surface area contributed by atoms with Gasteiger partial charge in [-0.15, -0.1) is 0 Å². The van der Waals surface area contributed by atoms with Gasteiger partial charge in [0.1, 0.15) is 6.54 Å². The van der Waals surface area contributed by atoms with Gasteiger partial charge in [0.2, 0.25) is 17.4 Å². The molecule has 1 aromatic carbocycles. The van der Waals surface area contributed by atoms with E-state index in [4.69, 9.17) is 5.11 Å². The van der Waals surface area contributed by atoms with Gasteiger partial charge in [-0.1, -0.05) is 30.3 Å². The summed E-state index contributed by atoms with van der Waals surface area (Å²) in [6.45, 7) is 0.611. The molecule has 0 radical (unpaired) electrons. The van der Waals surface area contributed by atoms with Crippen molar-refractivity contribution in [1.29, 1.82) is 0 Å². The summed E-state index contributed by atoms with van der Waals surface area (Å²) in [5.41, 5.74) is -1.26. The summed E-state index contributed by atoms with van der Waals surface area (Å²) in [5.74, 6) is -2.18. The van der Waals surface area contributed by atoms with Gasteiger partial charge in [0.05, 0.1) is 0 Å². The van der Waals surface area contributed by atoms with Crippen molar-refractivity contribution in [2.75, 3.05) is 6.54 Å². The van der Waals surface area contributed by atoms with Crippen LogP contribution in [-0.4, -0.2) is 46.1 Å². The van der Waals surface area contributed by atoms with E-state index in [-0.39, 0.29) is 0 Å². The van der Waals surface area contributed by atoms with Gasteiger partial charge in [-0.25, -0.2) is 0 Å².